The Kier molecular flexibility index (Phi) is 9.56. The van der Waals surface area contributed by atoms with E-state index in [1.54, 1.807) is 4.90 Å². The highest BCUT2D eigenvalue weighted by molar-refractivity contribution is 7.98. The second-order valence-corrected chi connectivity index (χ2v) is 8.66. The van der Waals surface area contributed by atoms with Crippen molar-refractivity contribution >= 4 is 41.4 Å². The number of thioether (sulfide) groups is 1. The van der Waals surface area contributed by atoms with Gasteiger partial charge in [-0.25, -0.2) is 4.79 Å². The lowest BCUT2D eigenvalue weighted by molar-refractivity contribution is -0.147. The van der Waals surface area contributed by atoms with Crippen molar-refractivity contribution in [1.29, 1.82) is 0 Å². The van der Waals surface area contributed by atoms with Crippen LogP contribution in [0, 0.1) is 0 Å². The second kappa shape index (κ2) is 11.9. The van der Waals surface area contributed by atoms with Crippen LogP contribution in [0.1, 0.15) is 38.5 Å². The van der Waals surface area contributed by atoms with E-state index >= 15 is 0 Å². The summed E-state index contributed by atoms with van der Waals surface area (Å²) >= 11 is 1.45. The Balaban J connectivity index is 2.05. The lowest BCUT2D eigenvalue weighted by Crippen LogP contribution is -2.56. The van der Waals surface area contributed by atoms with Gasteiger partial charge in [-0.1, -0.05) is 0 Å². The van der Waals surface area contributed by atoms with Crippen LogP contribution in [0.4, 0.5) is 0 Å². The second-order valence-electron chi connectivity index (χ2n) is 7.68. The summed E-state index contributed by atoms with van der Waals surface area (Å²) in [5.41, 5.74) is 0. The first kappa shape index (κ1) is 24.9. The summed E-state index contributed by atoms with van der Waals surface area (Å²) in [6.45, 7) is 1.23. The fourth-order valence-electron chi connectivity index (χ4n) is 3.82. The van der Waals surface area contributed by atoms with E-state index < -0.39 is 48.3 Å². The first-order chi connectivity index (χ1) is 14.7. The maximum Gasteiger partial charge on any atom is 0.326 e. The number of likely N-dealkylation sites (tertiary alicyclic amines) is 1. The monoisotopic (exact) mass is 458 g/mol. The van der Waals surface area contributed by atoms with Gasteiger partial charge >= 0.3 is 11.9 Å². The van der Waals surface area contributed by atoms with Gasteiger partial charge in [0.05, 0.1) is 12.5 Å². The van der Waals surface area contributed by atoms with Crippen molar-refractivity contribution in [2.24, 2.45) is 0 Å². The summed E-state index contributed by atoms with van der Waals surface area (Å²) in [6.07, 6.45) is 4.08. The van der Waals surface area contributed by atoms with Crippen molar-refractivity contribution < 1.29 is 34.2 Å². The lowest BCUT2D eigenvalue weighted by atomic mass is 10.1. The van der Waals surface area contributed by atoms with Crippen molar-refractivity contribution in [3.05, 3.63) is 0 Å². The summed E-state index contributed by atoms with van der Waals surface area (Å²) in [4.78, 5) is 62.0. The van der Waals surface area contributed by atoms with Gasteiger partial charge in [0.15, 0.2) is 0 Å². The highest BCUT2D eigenvalue weighted by atomic mass is 32.2. The maximum absolute atomic E-state index is 12.9. The van der Waals surface area contributed by atoms with E-state index in [0.717, 1.165) is 19.4 Å². The van der Waals surface area contributed by atoms with Crippen molar-refractivity contribution in [3.63, 3.8) is 0 Å². The molecule has 5 N–H and O–H groups in total. The molecule has 0 radical (unpaired) electrons. The topological polar surface area (TPSA) is 165 Å². The van der Waals surface area contributed by atoms with E-state index in [4.69, 9.17) is 10.2 Å². The Bertz CT molecular complexity index is 699. The van der Waals surface area contributed by atoms with Gasteiger partial charge < -0.3 is 31.1 Å². The van der Waals surface area contributed by atoms with Gasteiger partial charge in [0.2, 0.25) is 17.7 Å². The van der Waals surface area contributed by atoms with Crippen LogP contribution < -0.4 is 16.0 Å². The molecule has 2 aliphatic rings. The molecule has 0 bridgehead atoms. The predicted octanol–water partition coefficient (Wildman–Crippen LogP) is -0.989. The van der Waals surface area contributed by atoms with Crippen LogP contribution in [-0.2, 0) is 24.0 Å². The molecule has 0 aromatic heterocycles. The molecule has 2 fully saturated rings. The number of rotatable bonds is 11. The zero-order valence-corrected chi connectivity index (χ0v) is 18.3. The summed E-state index contributed by atoms with van der Waals surface area (Å²) in [5, 5.41) is 26.0. The molecule has 2 saturated heterocycles. The van der Waals surface area contributed by atoms with Crippen LogP contribution >= 0.6 is 11.8 Å². The molecule has 2 heterocycles. The predicted molar refractivity (Wildman–Crippen MR) is 113 cm³/mol. The van der Waals surface area contributed by atoms with E-state index in [1.165, 1.54) is 11.8 Å². The van der Waals surface area contributed by atoms with Crippen LogP contribution in [0.3, 0.4) is 0 Å². The molecule has 0 saturated carbocycles. The van der Waals surface area contributed by atoms with Crippen molar-refractivity contribution in [1.82, 2.24) is 20.9 Å². The number of hydrogen-bond donors (Lipinski definition) is 5. The Morgan fingerprint density at radius 3 is 2.42 bits per heavy atom. The van der Waals surface area contributed by atoms with Crippen LogP contribution in [0.5, 0.6) is 0 Å². The molecule has 4 atom stereocenters. The van der Waals surface area contributed by atoms with Crippen molar-refractivity contribution in [2.45, 2.75) is 62.7 Å². The molecule has 0 spiro atoms. The molecule has 2 rings (SSSR count). The SMILES string of the molecule is CSCCC(NC(=O)C1CCCN1C(=O)C1CCCN1)C(=O)NC(CC(=O)O)C(=O)O. The number of nitrogens with one attached hydrogen (secondary N) is 3. The van der Waals surface area contributed by atoms with E-state index in [2.05, 4.69) is 16.0 Å². The number of aliphatic carboxylic acids is 2. The van der Waals surface area contributed by atoms with Gasteiger partial charge in [-0.2, -0.15) is 11.8 Å². The Labute approximate surface area is 184 Å². The van der Waals surface area contributed by atoms with Crippen LogP contribution in [0.15, 0.2) is 0 Å². The van der Waals surface area contributed by atoms with E-state index in [9.17, 15) is 24.0 Å². The van der Waals surface area contributed by atoms with Gasteiger partial charge in [0.1, 0.15) is 18.1 Å². The zero-order valence-electron chi connectivity index (χ0n) is 17.5. The standard InChI is InChI=1S/C19H30N4O7S/c1-31-9-6-11(16(26)22-13(19(29)30)10-15(24)25)21-17(27)14-5-3-8-23(14)18(28)12-4-2-7-20-12/h11-14,20H,2-10H2,1H3,(H,21,27)(H,22,26)(H,24,25)(H,29,30). The third kappa shape index (κ3) is 7.10. The average Bonchev–Trinajstić information content (AvgIpc) is 3.41. The average molecular weight is 459 g/mol. The van der Waals surface area contributed by atoms with Crippen LogP contribution in [-0.4, -0.2) is 94.0 Å². The number of carboxylic acids is 2. The normalized spacial score (nSPS) is 22.5. The highest BCUT2D eigenvalue weighted by Crippen LogP contribution is 2.21. The van der Waals surface area contributed by atoms with Gasteiger partial charge in [-0.15, -0.1) is 0 Å². The van der Waals surface area contributed by atoms with Crippen molar-refractivity contribution in [3.8, 4) is 0 Å². The minimum absolute atomic E-state index is 0.118. The first-order valence-electron chi connectivity index (χ1n) is 10.3. The molecule has 3 amide bonds. The number of nitrogens with zero attached hydrogens (tertiary/aromatic N) is 1. The Morgan fingerprint density at radius 1 is 1.10 bits per heavy atom. The fraction of sp³-hybridized carbons (Fsp3) is 0.737. The zero-order chi connectivity index (χ0) is 23.0. The van der Waals surface area contributed by atoms with Gasteiger partial charge in [-0.3, -0.25) is 19.2 Å². The summed E-state index contributed by atoms with van der Waals surface area (Å²) in [7, 11) is 0. The molecule has 2 aliphatic heterocycles. The highest BCUT2D eigenvalue weighted by Gasteiger charge is 2.39. The number of carbonyl (C=O) groups excluding carboxylic acids is 3. The van der Waals surface area contributed by atoms with Crippen LogP contribution in [0.2, 0.25) is 0 Å². The molecule has 11 nitrogen and oxygen atoms in total. The van der Waals surface area contributed by atoms with Crippen molar-refractivity contribution in [2.75, 3.05) is 25.1 Å². The molecule has 31 heavy (non-hydrogen) atoms. The number of carboxylic acid groups (broad SMARTS) is 2. The fourth-order valence-corrected chi connectivity index (χ4v) is 4.29. The maximum atomic E-state index is 12.9. The molecule has 0 aromatic carbocycles. The largest absolute Gasteiger partial charge is 0.481 e. The third-order valence-corrected chi connectivity index (χ3v) is 6.08. The van der Waals surface area contributed by atoms with Gasteiger partial charge in [-0.05, 0) is 50.7 Å². The van der Waals surface area contributed by atoms with E-state index in [1.807, 2.05) is 6.26 Å². The molecule has 0 aromatic rings. The number of carbonyl (C=O) groups is 5. The number of hydrogen-bond acceptors (Lipinski definition) is 7. The minimum atomic E-state index is -1.60. The Morgan fingerprint density at radius 2 is 1.84 bits per heavy atom. The molecule has 174 valence electrons. The van der Waals surface area contributed by atoms with Crippen LogP contribution in [0.25, 0.3) is 0 Å². The van der Waals surface area contributed by atoms with Gasteiger partial charge in [0, 0.05) is 6.54 Å². The third-order valence-electron chi connectivity index (χ3n) is 5.43. The summed E-state index contributed by atoms with van der Waals surface area (Å²) in [5.74, 6) is -3.65. The van der Waals surface area contributed by atoms with E-state index in [-0.39, 0.29) is 18.4 Å². The smallest absolute Gasteiger partial charge is 0.326 e. The molecule has 0 aliphatic carbocycles. The van der Waals surface area contributed by atoms with E-state index in [0.29, 0.717) is 25.1 Å². The minimum Gasteiger partial charge on any atom is -0.481 e. The lowest BCUT2D eigenvalue weighted by Gasteiger charge is -2.28. The summed E-state index contributed by atoms with van der Waals surface area (Å²) in [6, 6.07) is -3.61. The molecular weight excluding hydrogens is 428 g/mol. The summed E-state index contributed by atoms with van der Waals surface area (Å²) < 4.78 is 0. The molecule has 12 heteroatoms. The Hall–Kier alpha value is -2.34. The first-order valence-corrected chi connectivity index (χ1v) is 11.7. The quantitative estimate of drug-likeness (QED) is 0.261. The molecular formula is C19H30N4O7S. The van der Waals surface area contributed by atoms with Gasteiger partial charge in [0.25, 0.3) is 0 Å². The molecule has 4 unspecified atom stereocenters. The number of amides is 3.